The summed E-state index contributed by atoms with van der Waals surface area (Å²) >= 11 is 3.63. The van der Waals surface area contributed by atoms with Crippen LogP contribution < -0.4 is 10.6 Å². The quantitative estimate of drug-likeness (QED) is 0.180. The van der Waals surface area contributed by atoms with Gasteiger partial charge in [-0.15, -0.1) is 11.8 Å². The van der Waals surface area contributed by atoms with Gasteiger partial charge in [-0.1, -0.05) is 42.5 Å². The van der Waals surface area contributed by atoms with Crippen molar-refractivity contribution < 1.29 is 14.0 Å². The second-order valence-corrected chi connectivity index (χ2v) is 9.79. The molecule has 0 radical (unpaired) electrons. The lowest BCUT2D eigenvalue weighted by Gasteiger charge is -2.17. The van der Waals surface area contributed by atoms with Gasteiger partial charge in [0.05, 0.1) is 5.56 Å². The fraction of sp³-hybridized carbons (Fsp3) is 0.0370. The second kappa shape index (κ2) is 11.3. The van der Waals surface area contributed by atoms with E-state index in [9.17, 15) is 14.0 Å². The minimum absolute atomic E-state index is 0.0163. The Kier molecular flexibility index (Phi) is 7.97. The van der Waals surface area contributed by atoms with E-state index in [2.05, 4.69) is 33.2 Å². The number of halogens is 2. The largest absolute Gasteiger partial charge is 0.325 e. The van der Waals surface area contributed by atoms with Gasteiger partial charge in [0, 0.05) is 19.8 Å². The van der Waals surface area contributed by atoms with E-state index in [-0.39, 0.29) is 11.5 Å². The zero-order valence-corrected chi connectivity index (χ0v) is 20.8. The van der Waals surface area contributed by atoms with Gasteiger partial charge in [-0.05, 0) is 88.8 Å². The third kappa shape index (κ3) is 6.24. The zero-order chi connectivity index (χ0) is 23.9. The average molecular weight is 582 g/mol. The van der Waals surface area contributed by atoms with Gasteiger partial charge in [0.1, 0.15) is 11.1 Å². The highest BCUT2D eigenvalue weighted by Crippen LogP contribution is 2.36. The van der Waals surface area contributed by atoms with Crippen LogP contribution in [0.4, 0.5) is 15.8 Å². The van der Waals surface area contributed by atoms with Gasteiger partial charge in [0.25, 0.3) is 5.91 Å². The molecule has 2 N–H and O–H groups in total. The number of thioether (sulfide) groups is 1. The van der Waals surface area contributed by atoms with E-state index in [0.717, 1.165) is 19.7 Å². The van der Waals surface area contributed by atoms with Crippen LogP contribution >= 0.6 is 34.4 Å². The van der Waals surface area contributed by atoms with Crippen molar-refractivity contribution in [3.63, 3.8) is 0 Å². The molecule has 0 aliphatic rings. The molecule has 2 amide bonds. The summed E-state index contributed by atoms with van der Waals surface area (Å²) < 4.78 is 15.0. The van der Waals surface area contributed by atoms with Crippen LogP contribution in [-0.4, -0.2) is 11.8 Å². The van der Waals surface area contributed by atoms with Gasteiger partial charge >= 0.3 is 0 Å². The number of hydrogen-bond donors (Lipinski definition) is 2. The van der Waals surface area contributed by atoms with Crippen molar-refractivity contribution in [2.24, 2.45) is 0 Å². The molecule has 1 atom stereocenters. The molecule has 0 aromatic heterocycles. The van der Waals surface area contributed by atoms with Crippen molar-refractivity contribution in [2.75, 3.05) is 10.6 Å². The number of carbonyl (C=O) groups is 2. The van der Waals surface area contributed by atoms with Crippen LogP contribution in [0.2, 0.25) is 0 Å². The molecule has 0 saturated heterocycles. The molecule has 4 rings (SSSR count). The van der Waals surface area contributed by atoms with Gasteiger partial charge in [-0.2, -0.15) is 0 Å². The lowest BCUT2D eigenvalue weighted by molar-refractivity contribution is -0.115. The molecule has 0 bridgehead atoms. The van der Waals surface area contributed by atoms with Crippen molar-refractivity contribution in [2.45, 2.75) is 10.1 Å². The van der Waals surface area contributed by atoms with Gasteiger partial charge in [0.2, 0.25) is 5.91 Å². The summed E-state index contributed by atoms with van der Waals surface area (Å²) in [7, 11) is 0. The van der Waals surface area contributed by atoms with Crippen molar-refractivity contribution >= 4 is 57.5 Å². The molecule has 0 spiro atoms. The molecule has 0 fully saturated rings. The fourth-order valence-electron chi connectivity index (χ4n) is 3.24. The molecule has 0 heterocycles. The molecule has 7 heteroatoms. The first-order valence-corrected chi connectivity index (χ1v) is 12.4. The third-order valence-electron chi connectivity index (χ3n) is 4.94. The first-order valence-electron chi connectivity index (χ1n) is 10.4. The van der Waals surface area contributed by atoms with E-state index in [1.54, 1.807) is 18.2 Å². The summed E-state index contributed by atoms with van der Waals surface area (Å²) in [5.74, 6) is -1.22. The van der Waals surface area contributed by atoms with Crippen LogP contribution in [0.5, 0.6) is 0 Å². The zero-order valence-electron chi connectivity index (χ0n) is 17.9. The molecular weight excluding hydrogens is 562 g/mol. The number of carbonyl (C=O) groups excluding carboxylic acids is 2. The van der Waals surface area contributed by atoms with E-state index in [1.807, 2.05) is 66.7 Å². The van der Waals surface area contributed by atoms with Crippen LogP contribution in [0.15, 0.2) is 108 Å². The summed E-state index contributed by atoms with van der Waals surface area (Å²) in [6, 6.07) is 30.2. The van der Waals surface area contributed by atoms with Crippen LogP contribution in [-0.2, 0) is 4.79 Å². The molecular formula is C27H20FIN2O2S. The summed E-state index contributed by atoms with van der Waals surface area (Å²) in [5.41, 5.74) is 2.14. The summed E-state index contributed by atoms with van der Waals surface area (Å²) in [5, 5.41) is 5.22. The van der Waals surface area contributed by atoms with E-state index in [4.69, 9.17) is 0 Å². The summed E-state index contributed by atoms with van der Waals surface area (Å²) in [6.07, 6.45) is 0. The Balaban J connectivity index is 1.49. The first kappa shape index (κ1) is 24.0. The van der Waals surface area contributed by atoms with Gasteiger partial charge < -0.3 is 10.6 Å². The molecule has 34 heavy (non-hydrogen) atoms. The number of anilines is 2. The van der Waals surface area contributed by atoms with E-state index >= 15 is 0 Å². The van der Waals surface area contributed by atoms with Crippen LogP contribution in [0.3, 0.4) is 0 Å². The molecule has 0 saturated carbocycles. The molecule has 4 aromatic carbocycles. The number of nitrogens with one attached hydrogen (secondary N) is 2. The van der Waals surface area contributed by atoms with E-state index in [1.165, 1.54) is 30.0 Å². The summed E-state index contributed by atoms with van der Waals surface area (Å²) in [6.45, 7) is 0. The van der Waals surface area contributed by atoms with Crippen LogP contribution in [0.1, 0.15) is 21.2 Å². The number of hydrogen-bond acceptors (Lipinski definition) is 3. The van der Waals surface area contributed by atoms with Gasteiger partial charge in [0.15, 0.2) is 0 Å². The fourth-order valence-corrected chi connectivity index (χ4v) is 4.62. The van der Waals surface area contributed by atoms with Crippen LogP contribution in [0, 0.1) is 9.39 Å². The third-order valence-corrected chi connectivity index (χ3v) is 6.92. The molecule has 0 aliphatic carbocycles. The van der Waals surface area contributed by atoms with E-state index in [0.29, 0.717) is 5.69 Å². The van der Waals surface area contributed by atoms with Crippen molar-refractivity contribution in [3.05, 3.63) is 124 Å². The number of amides is 2. The maximum absolute atomic E-state index is 13.9. The molecule has 4 nitrogen and oxygen atoms in total. The lowest BCUT2D eigenvalue weighted by atomic mass is 10.1. The number of rotatable bonds is 7. The molecule has 1 unspecified atom stereocenters. The normalized spacial score (nSPS) is 11.5. The molecule has 4 aromatic rings. The van der Waals surface area contributed by atoms with E-state index < -0.39 is 17.0 Å². The maximum Gasteiger partial charge on any atom is 0.258 e. The highest BCUT2D eigenvalue weighted by Gasteiger charge is 2.22. The van der Waals surface area contributed by atoms with Gasteiger partial charge in [-0.3, -0.25) is 9.59 Å². The Labute approximate surface area is 215 Å². The molecule has 170 valence electrons. The Bertz CT molecular complexity index is 1280. The SMILES string of the molecule is O=C(Nc1ccc(SC(C(=O)Nc2ccc(I)cc2)c2ccccc2)cc1)c1ccccc1F. The highest BCUT2D eigenvalue weighted by molar-refractivity contribution is 14.1. The van der Waals surface area contributed by atoms with Crippen molar-refractivity contribution in [3.8, 4) is 0 Å². The Morgan fingerprint density at radius 2 is 1.32 bits per heavy atom. The smallest absolute Gasteiger partial charge is 0.258 e. The average Bonchev–Trinajstić information content (AvgIpc) is 2.85. The second-order valence-electron chi connectivity index (χ2n) is 7.36. The monoisotopic (exact) mass is 582 g/mol. The Hall–Kier alpha value is -3.17. The lowest BCUT2D eigenvalue weighted by Crippen LogP contribution is -2.19. The number of benzene rings is 4. The first-order chi connectivity index (χ1) is 16.5. The predicted molar refractivity (Wildman–Crippen MR) is 144 cm³/mol. The maximum atomic E-state index is 13.9. The minimum atomic E-state index is -0.572. The highest BCUT2D eigenvalue weighted by atomic mass is 127. The van der Waals surface area contributed by atoms with Gasteiger partial charge in [-0.25, -0.2) is 4.39 Å². The minimum Gasteiger partial charge on any atom is -0.325 e. The standard InChI is InChI=1S/C27H20FIN2O2S/c28-24-9-5-4-8-23(24)26(32)30-21-14-16-22(17-15-21)34-25(18-6-2-1-3-7-18)27(33)31-20-12-10-19(29)11-13-20/h1-17,25H,(H,30,32)(H,31,33). The van der Waals surface area contributed by atoms with Crippen molar-refractivity contribution in [1.29, 1.82) is 0 Å². The van der Waals surface area contributed by atoms with Crippen molar-refractivity contribution in [1.82, 2.24) is 0 Å². The topological polar surface area (TPSA) is 58.2 Å². The molecule has 0 aliphatic heterocycles. The predicted octanol–water partition coefficient (Wildman–Crippen LogP) is 7.15. The Morgan fingerprint density at radius 3 is 2.00 bits per heavy atom. The summed E-state index contributed by atoms with van der Waals surface area (Å²) in [4.78, 5) is 26.4. The van der Waals surface area contributed by atoms with Crippen LogP contribution in [0.25, 0.3) is 0 Å². The Morgan fingerprint density at radius 1 is 0.735 bits per heavy atom.